The van der Waals surface area contributed by atoms with E-state index in [-0.39, 0.29) is 29.8 Å². The molecular weight excluding hydrogens is 364 g/mol. The molecule has 2 heterocycles. The van der Waals surface area contributed by atoms with Crippen molar-refractivity contribution in [2.45, 2.75) is 37.8 Å². The number of hydrogen-bond acceptors (Lipinski definition) is 4. The Balaban J connectivity index is 1.93. The van der Waals surface area contributed by atoms with Crippen molar-refractivity contribution in [3.8, 4) is 0 Å². The first-order chi connectivity index (χ1) is 12.8. The maximum Gasteiger partial charge on any atom is 0.244 e. The highest BCUT2D eigenvalue weighted by molar-refractivity contribution is 7.89. The van der Waals surface area contributed by atoms with E-state index in [1.165, 1.54) is 10.6 Å². The summed E-state index contributed by atoms with van der Waals surface area (Å²) in [7, 11) is -3.83. The molecule has 1 aromatic carbocycles. The summed E-state index contributed by atoms with van der Waals surface area (Å²) in [5.74, 6) is 0.0770. The number of hydrogen-bond donors (Lipinski definition) is 1. The Morgan fingerprint density at radius 2 is 2.00 bits per heavy atom. The number of sulfonamides is 1. The summed E-state index contributed by atoms with van der Waals surface area (Å²) in [5, 5.41) is 2.80. The van der Waals surface area contributed by atoms with Crippen molar-refractivity contribution >= 4 is 21.5 Å². The van der Waals surface area contributed by atoms with Gasteiger partial charge in [-0.2, -0.15) is 4.31 Å². The van der Waals surface area contributed by atoms with Gasteiger partial charge in [-0.3, -0.25) is 4.79 Å². The van der Waals surface area contributed by atoms with Gasteiger partial charge in [0.1, 0.15) is 11.8 Å². The minimum atomic E-state index is -3.83. The summed E-state index contributed by atoms with van der Waals surface area (Å²) >= 11 is 0. The second-order valence-corrected chi connectivity index (χ2v) is 8.81. The Labute approximate surface area is 159 Å². The molecule has 0 aliphatic carbocycles. The lowest BCUT2D eigenvalue weighted by Gasteiger charge is -2.31. The van der Waals surface area contributed by atoms with Crippen molar-refractivity contribution < 1.29 is 17.6 Å². The lowest BCUT2D eigenvalue weighted by atomic mass is 10.0. The van der Waals surface area contributed by atoms with Crippen molar-refractivity contribution in [1.82, 2.24) is 9.62 Å². The Kier molecular flexibility index (Phi) is 5.53. The standard InChI is InChI=1S/C20H24N2O4S/c1-14(2)19(20(23)21-13-16-7-6-12-26-16)22-11-10-15(3)17-8-4-5-9-18(17)27(22,24)25/h4-9,12,14,19H,3,10-11,13H2,1-2H3,(H,21,23)/t19-/m1/s1. The molecule has 0 saturated carbocycles. The summed E-state index contributed by atoms with van der Waals surface area (Å²) in [6.45, 7) is 8.15. The molecule has 1 aliphatic rings. The molecule has 1 N–H and O–H groups in total. The van der Waals surface area contributed by atoms with Crippen molar-refractivity contribution in [3.63, 3.8) is 0 Å². The third kappa shape index (κ3) is 3.84. The fourth-order valence-corrected chi connectivity index (χ4v) is 5.32. The minimum absolute atomic E-state index is 0.199. The van der Waals surface area contributed by atoms with Crippen LogP contribution in [0.25, 0.3) is 5.57 Å². The molecule has 7 heteroatoms. The summed E-state index contributed by atoms with van der Waals surface area (Å²) < 4.78 is 33.2. The van der Waals surface area contributed by atoms with Crippen molar-refractivity contribution in [1.29, 1.82) is 0 Å². The van der Waals surface area contributed by atoms with Gasteiger partial charge in [0.15, 0.2) is 0 Å². The number of amides is 1. The molecule has 0 fully saturated rings. The Bertz CT molecular complexity index is 933. The van der Waals surface area contributed by atoms with E-state index in [1.54, 1.807) is 36.4 Å². The SMILES string of the molecule is C=C1CCN([C@@H](C(=O)NCc2ccco2)C(C)C)S(=O)(=O)c2ccccc21. The molecule has 2 aromatic rings. The quantitative estimate of drug-likeness (QED) is 0.854. The van der Waals surface area contributed by atoms with Crippen molar-refractivity contribution in [2.24, 2.45) is 5.92 Å². The molecular formula is C20H24N2O4S. The Morgan fingerprint density at radius 3 is 2.67 bits per heavy atom. The first-order valence-corrected chi connectivity index (χ1v) is 10.4. The van der Waals surface area contributed by atoms with Gasteiger partial charge in [-0.15, -0.1) is 0 Å². The predicted molar refractivity (Wildman–Crippen MR) is 103 cm³/mol. The lowest BCUT2D eigenvalue weighted by Crippen LogP contribution is -2.52. The van der Waals surface area contributed by atoms with Crippen LogP contribution in [0.15, 0.2) is 58.6 Å². The van der Waals surface area contributed by atoms with Crippen LogP contribution in [0.1, 0.15) is 31.6 Å². The number of nitrogens with one attached hydrogen (secondary N) is 1. The average Bonchev–Trinajstić information content (AvgIpc) is 3.13. The monoisotopic (exact) mass is 388 g/mol. The number of fused-ring (bicyclic) bond motifs is 1. The van der Waals surface area contributed by atoms with Gasteiger partial charge in [-0.25, -0.2) is 8.42 Å². The fourth-order valence-electron chi connectivity index (χ4n) is 3.36. The molecule has 1 amide bonds. The van der Waals surface area contributed by atoms with Gasteiger partial charge in [-0.05, 0) is 41.7 Å². The van der Waals surface area contributed by atoms with Gasteiger partial charge >= 0.3 is 0 Å². The molecule has 1 atom stereocenters. The number of furan rings is 1. The molecule has 0 unspecified atom stereocenters. The number of rotatable bonds is 5. The van der Waals surface area contributed by atoms with Crippen LogP contribution >= 0.6 is 0 Å². The van der Waals surface area contributed by atoms with E-state index in [2.05, 4.69) is 11.9 Å². The van der Waals surface area contributed by atoms with Crippen LogP contribution in [-0.2, 0) is 21.4 Å². The smallest absolute Gasteiger partial charge is 0.244 e. The summed E-state index contributed by atoms with van der Waals surface area (Å²) in [6, 6.07) is 9.51. The molecule has 144 valence electrons. The van der Waals surface area contributed by atoms with E-state index in [4.69, 9.17) is 4.42 Å². The van der Waals surface area contributed by atoms with E-state index >= 15 is 0 Å². The zero-order valence-electron chi connectivity index (χ0n) is 15.5. The minimum Gasteiger partial charge on any atom is -0.467 e. The Morgan fingerprint density at radius 1 is 1.26 bits per heavy atom. The average molecular weight is 388 g/mol. The van der Waals surface area contributed by atoms with Crippen molar-refractivity contribution in [2.75, 3.05) is 6.54 Å². The molecule has 0 bridgehead atoms. The molecule has 1 aliphatic heterocycles. The van der Waals surface area contributed by atoms with Crippen LogP contribution in [0.4, 0.5) is 0 Å². The lowest BCUT2D eigenvalue weighted by molar-refractivity contribution is -0.126. The molecule has 1 aromatic heterocycles. The highest BCUT2D eigenvalue weighted by Gasteiger charge is 2.40. The zero-order chi connectivity index (χ0) is 19.6. The maximum absolute atomic E-state index is 13.3. The number of benzene rings is 1. The number of carbonyl (C=O) groups excluding carboxylic acids is 1. The highest BCUT2D eigenvalue weighted by atomic mass is 32.2. The summed E-state index contributed by atoms with van der Waals surface area (Å²) in [5.41, 5.74) is 1.38. The van der Waals surface area contributed by atoms with E-state index in [1.807, 2.05) is 13.8 Å². The molecule has 3 rings (SSSR count). The van der Waals surface area contributed by atoms with E-state index in [9.17, 15) is 13.2 Å². The first-order valence-electron chi connectivity index (χ1n) is 8.91. The van der Waals surface area contributed by atoms with Crippen LogP contribution in [-0.4, -0.2) is 31.2 Å². The number of carbonyl (C=O) groups is 1. The van der Waals surface area contributed by atoms with Crippen LogP contribution in [0.5, 0.6) is 0 Å². The second-order valence-electron chi connectivity index (χ2n) is 6.95. The molecule has 0 radical (unpaired) electrons. The van der Waals surface area contributed by atoms with Crippen LogP contribution in [0.2, 0.25) is 0 Å². The zero-order valence-corrected chi connectivity index (χ0v) is 16.3. The van der Waals surface area contributed by atoms with Crippen LogP contribution in [0.3, 0.4) is 0 Å². The first kappa shape index (κ1) is 19.4. The van der Waals surface area contributed by atoms with Crippen LogP contribution in [0, 0.1) is 5.92 Å². The van der Waals surface area contributed by atoms with Gasteiger partial charge in [0.25, 0.3) is 0 Å². The number of nitrogens with zero attached hydrogens (tertiary/aromatic N) is 1. The third-order valence-electron chi connectivity index (χ3n) is 4.72. The maximum atomic E-state index is 13.3. The third-order valence-corrected chi connectivity index (χ3v) is 6.65. The molecule has 6 nitrogen and oxygen atoms in total. The predicted octanol–water partition coefficient (Wildman–Crippen LogP) is 3.03. The van der Waals surface area contributed by atoms with Gasteiger partial charge in [0.2, 0.25) is 15.9 Å². The Hall–Kier alpha value is -2.38. The summed E-state index contributed by atoms with van der Waals surface area (Å²) in [6.07, 6.45) is 2.01. The van der Waals surface area contributed by atoms with Gasteiger partial charge in [-0.1, -0.05) is 38.6 Å². The van der Waals surface area contributed by atoms with E-state index < -0.39 is 16.1 Å². The molecule has 0 spiro atoms. The second kappa shape index (κ2) is 7.70. The van der Waals surface area contributed by atoms with Crippen molar-refractivity contribution in [3.05, 3.63) is 60.6 Å². The summed E-state index contributed by atoms with van der Waals surface area (Å²) in [4.78, 5) is 13.1. The normalized spacial score (nSPS) is 18.0. The molecule has 27 heavy (non-hydrogen) atoms. The van der Waals surface area contributed by atoms with Gasteiger partial charge < -0.3 is 9.73 Å². The van der Waals surface area contributed by atoms with Gasteiger partial charge in [0, 0.05) is 6.54 Å². The van der Waals surface area contributed by atoms with Crippen LogP contribution < -0.4 is 5.32 Å². The molecule has 0 saturated heterocycles. The topological polar surface area (TPSA) is 79.6 Å². The highest BCUT2D eigenvalue weighted by Crippen LogP contribution is 2.33. The van der Waals surface area contributed by atoms with E-state index in [0.717, 1.165) is 5.57 Å². The van der Waals surface area contributed by atoms with Gasteiger partial charge in [0.05, 0.1) is 17.7 Å². The fraction of sp³-hybridized carbons (Fsp3) is 0.350. The van der Waals surface area contributed by atoms with E-state index in [0.29, 0.717) is 17.7 Å². The largest absolute Gasteiger partial charge is 0.467 e.